The van der Waals surface area contributed by atoms with E-state index in [-0.39, 0.29) is 10.8 Å². The van der Waals surface area contributed by atoms with Crippen LogP contribution in [0.5, 0.6) is 11.5 Å². The van der Waals surface area contributed by atoms with Gasteiger partial charge in [0.15, 0.2) is 11.5 Å². The number of H-pyrrole nitrogens is 1. The molecule has 5 rings (SSSR count). The van der Waals surface area contributed by atoms with E-state index in [1.807, 2.05) is 30.5 Å². The average molecular weight is 492 g/mol. The van der Waals surface area contributed by atoms with Crippen LogP contribution in [0, 0.1) is 0 Å². The monoisotopic (exact) mass is 491 g/mol. The highest BCUT2D eigenvalue weighted by atomic mass is 32.2. The van der Waals surface area contributed by atoms with E-state index in [0.29, 0.717) is 48.9 Å². The van der Waals surface area contributed by atoms with Gasteiger partial charge < -0.3 is 19.8 Å². The molecule has 35 heavy (non-hydrogen) atoms. The van der Waals surface area contributed by atoms with Gasteiger partial charge in [-0.25, -0.2) is 8.42 Å². The van der Waals surface area contributed by atoms with E-state index in [1.165, 1.54) is 12.1 Å². The molecule has 1 aliphatic rings. The zero-order valence-corrected chi connectivity index (χ0v) is 19.7. The Hall–Kier alpha value is -3.98. The summed E-state index contributed by atoms with van der Waals surface area (Å²) in [6, 6.07) is 19.1. The van der Waals surface area contributed by atoms with Crippen LogP contribution in [0.25, 0.3) is 10.9 Å². The van der Waals surface area contributed by atoms with Crippen LogP contribution in [0.4, 0.5) is 11.4 Å². The summed E-state index contributed by atoms with van der Waals surface area (Å²) >= 11 is 0. The Morgan fingerprint density at radius 2 is 1.66 bits per heavy atom. The smallest absolute Gasteiger partial charge is 0.262 e. The average Bonchev–Trinajstić information content (AvgIpc) is 3.12. The van der Waals surface area contributed by atoms with Crippen molar-refractivity contribution in [2.24, 2.45) is 0 Å². The van der Waals surface area contributed by atoms with Crippen molar-refractivity contribution in [1.82, 2.24) is 4.98 Å². The number of ether oxygens (including phenoxy) is 2. The second-order valence-electron chi connectivity index (χ2n) is 8.25. The molecule has 0 saturated heterocycles. The molecule has 0 bridgehead atoms. The van der Waals surface area contributed by atoms with Gasteiger partial charge in [-0.05, 0) is 54.4 Å². The third-order valence-corrected chi connectivity index (χ3v) is 7.13. The molecule has 0 fully saturated rings. The summed E-state index contributed by atoms with van der Waals surface area (Å²) in [5.74, 6) is 0.832. The highest BCUT2D eigenvalue weighted by Crippen LogP contribution is 2.32. The van der Waals surface area contributed by atoms with Crippen molar-refractivity contribution in [2.45, 2.75) is 24.2 Å². The van der Waals surface area contributed by atoms with Gasteiger partial charge in [0.1, 0.15) is 0 Å². The molecule has 0 spiro atoms. The van der Waals surface area contributed by atoms with Gasteiger partial charge in [0, 0.05) is 47.4 Å². The van der Waals surface area contributed by atoms with Gasteiger partial charge in [0.2, 0.25) is 5.91 Å². The van der Waals surface area contributed by atoms with E-state index in [4.69, 9.17) is 9.47 Å². The Morgan fingerprint density at radius 1 is 0.914 bits per heavy atom. The fourth-order valence-electron chi connectivity index (χ4n) is 3.96. The summed E-state index contributed by atoms with van der Waals surface area (Å²) in [7, 11) is -3.82. The van der Waals surface area contributed by atoms with Crippen molar-refractivity contribution < 1.29 is 22.7 Å². The Labute approximate surface area is 203 Å². The highest BCUT2D eigenvalue weighted by Gasteiger charge is 2.19. The number of fused-ring (bicyclic) bond motifs is 2. The molecule has 180 valence electrons. The maximum atomic E-state index is 12.8. The number of para-hydroxylation sites is 1. The number of amides is 1. The summed E-state index contributed by atoms with van der Waals surface area (Å²) in [4.78, 5) is 15.7. The maximum Gasteiger partial charge on any atom is 0.262 e. The van der Waals surface area contributed by atoms with Crippen molar-refractivity contribution in [1.29, 1.82) is 0 Å². The first kappa shape index (κ1) is 22.8. The first-order valence-electron chi connectivity index (χ1n) is 11.4. The fraction of sp³-hybridized carbons (Fsp3) is 0.192. The summed E-state index contributed by atoms with van der Waals surface area (Å²) in [6.07, 6.45) is 3.62. The van der Waals surface area contributed by atoms with Crippen LogP contribution >= 0.6 is 0 Å². The number of aromatic amines is 1. The molecular formula is C26H25N3O5S. The number of anilines is 2. The third-order valence-electron chi connectivity index (χ3n) is 5.75. The number of sulfonamides is 1. The van der Waals surface area contributed by atoms with Crippen LogP contribution in [-0.4, -0.2) is 32.5 Å². The number of carbonyl (C=O) groups is 1. The molecule has 0 saturated carbocycles. The predicted molar refractivity (Wildman–Crippen MR) is 135 cm³/mol. The van der Waals surface area contributed by atoms with Gasteiger partial charge in [-0.15, -0.1) is 0 Å². The lowest BCUT2D eigenvalue weighted by atomic mass is 10.1. The predicted octanol–water partition coefficient (Wildman–Crippen LogP) is 4.70. The van der Waals surface area contributed by atoms with Gasteiger partial charge in [-0.3, -0.25) is 9.52 Å². The normalized spacial score (nSPS) is 13.3. The van der Waals surface area contributed by atoms with Crippen molar-refractivity contribution in [3.05, 3.63) is 78.5 Å². The van der Waals surface area contributed by atoms with Crippen LogP contribution < -0.4 is 19.5 Å². The zero-order chi connectivity index (χ0) is 24.3. The maximum absolute atomic E-state index is 12.8. The number of aromatic nitrogens is 1. The summed E-state index contributed by atoms with van der Waals surface area (Å²) in [5, 5.41) is 3.97. The van der Waals surface area contributed by atoms with Gasteiger partial charge in [0.25, 0.3) is 10.0 Å². The molecule has 9 heteroatoms. The van der Waals surface area contributed by atoms with Crippen molar-refractivity contribution in [2.75, 3.05) is 23.3 Å². The zero-order valence-electron chi connectivity index (χ0n) is 18.9. The number of rotatable bonds is 7. The topological polar surface area (TPSA) is 110 Å². The van der Waals surface area contributed by atoms with E-state index in [0.717, 1.165) is 22.9 Å². The lowest BCUT2D eigenvalue weighted by Crippen LogP contribution is -2.14. The van der Waals surface area contributed by atoms with Crippen LogP contribution in [-0.2, 0) is 21.2 Å². The first-order chi connectivity index (χ1) is 17.0. The molecule has 1 aromatic heterocycles. The van der Waals surface area contributed by atoms with Crippen molar-refractivity contribution in [3.8, 4) is 11.5 Å². The Kier molecular flexibility index (Phi) is 6.33. The molecule has 3 aromatic carbocycles. The molecule has 0 aliphatic carbocycles. The minimum atomic E-state index is -3.82. The first-order valence-corrected chi connectivity index (χ1v) is 12.8. The van der Waals surface area contributed by atoms with Crippen LogP contribution in [0.3, 0.4) is 0 Å². The number of hydrogen-bond acceptors (Lipinski definition) is 5. The second kappa shape index (κ2) is 9.71. The van der Waals surface area contributed by atoms with E-state index in [2.05, 4.69) is 15.0 Å². The summed E-state index contributed by atoms with van der Waals surface area (Å²) < 4.78 is 39.4. The molecule has 4 aromatic rings. The molecule has 0 atom stereocenters. The minimum absolute atomic E-state index is 0.0800. The molecule has 1 aliphatic heterocycles. The molecule has 2 heterocycles. The number of hydrogen-bond donors (Lipinski definition) is 3. The molecule has 1 amide bonds. The third kappa shape index (κ3) is 5.25. The van der Waals surface area contributed by atoms with Gasteiger partial charge in [-0.1, -0.05) is 18.2 Å². The largest absolute Gasteiger partial charge is 0.490 e. The van der Waals surface area contributed by atoms with Gasteiger partial charge >= 0.3 is 0 Å². The number of nitrogens with one attached hydrogen (secondary N) is 3. The fourth-order valence-corrected chi connectivity index (χ4v) is 5.03. The molecule has 8 nitrogen and oxygen atoms in total. The lowest BCUT2D eigenvalue weighted by molar-refractivity contribution is -0.116. The molecular weight excluding hydrogens is 466 g/mol. The SMILES string of the molecule is O=C(CCc1c[nH]c2ccccc12)Nc1ccc(NS(=O)(=O)c2ccc3c(c2)OCCCO3)cc1. The van der Waals surface area contributed by atoms with Crippen molar-refractivity contribution >= 4 is 38.2 Å². The lowest BCUT2D eigenvalue weighted by Gasteiger charge is -2.12. The number of benzene rings is 3. The van der Waals surface area contributed by atoms with E-state index in [1.54, 1.807) is 30.3 Å². The summed E-state index contributed by atoms with van der Waals surface area (Å²) in [6.45, 7) is 1.00. The summed E-state index contributed by atoms with van der Waals surface area (Å²) in [5.41, 5.74) is 3.12. The Morgan fingerprint density at radius 3 is 2.49 bits per heavy atom. The van der Waals surface area contributed by atoms with Crippen LogP contribution in [0.1, 0.15) is 18.4 Å². The Bertz CT molecular complexity index is 1460. The number of carbonyl (C=O) groups excluding carboxylic acids is 1. The Balaban J connectivity index is 1.19. The molecule has 0 radical (unpaired) electrons. The highest BCUT2D eigenvalue weighted by molar-refractivity contribution is 7.92. The molecule has 3 N–H and O–H groups in total. The molecule has 0 unspecified atom stereocenters. The van der Waals surface area contributed by atoms with E-state index >= 15 is 0 Å². The van der Waals surface area contributed by atoms with Crippen LogP contribution in [0.2, 0.25) is 0 Å². The number of aryl methyl sites for hydroxylation is 1. The minimum Gasteiger partial charge on any atom is -0.490 e. The van der Waals surface area contributed by atoms with Gasteiger partial charge in [0.05, 0.1) is 18.1 Å². The second-order valence-corrected chi connectivity index (χ2v) is 9.93. The van der Waals surface area contributed by atoms with Gasteiger partial charge in [-0.2, -0.15) is 0 Å². The quantitative estimate of drug-likeness (QED) is 0.347. The van der Waals surface area contributed by atoms with E-state index in [9.17, 15) is 13.2 Å². The van der Waals surface area contributed by atoms with Crippen LogP contribution in [0.15, 0.2) is 77.8 Å². The standard InChI is InChI=1S/C26H25N3O5S/c30-26(13-6-18-17-27-23-5-2-1-4-22(18)23)28-19-7-9-20(10-8-19)29-35(31,32)21-11-12-24-25(16-21)34-15-3-14-33-24/h1-2,4-5,7-12,16-17,27,29H,3,6,13-15H2,(H,28,30). The van der Waals surface area contributed by atoms with E-state index < -0.39 is 10.0 Å². The van der Waals surface area contributed by atoms with Crippen molar-refractivity contribution in [3.63, 3.8) is 0 Å².